The van der Waals surface area contributed by atoms with Crippen LogP contribution in [0.5, 0.6) is 5.75 Å². The zero-order valence-corrected chi connectivity index (χ0v) is 22.5. The van der Waals surface area contributed by atoms with Crippen molar-refractivity contribution in [1.82, 2.24) is 15.5 Å². The van der Waals surface area contributed by atoms with Crippen LogP contribution in [0.2, 0.25) is 0 Å². The predicted octanol–water partition coefficient (Wildman–Crippen LogP) is 4.35. The first-order valence-corrected chi connectivity index (χ1v) is 12.1. The summed E-state index contributed by atoms with van der Waals surface area (Å²) in [5, 5.41) is 6.90. The Balaban J connectivity index is 0.00000363. The Bertz CT molecular complexity index is 695. The molecule has 2 unspecified atom stereocenters. The lowest BCUT2D eigenvalue weighted by atomic mass is 10.0. The van der Waals surface area contributed by atoms with Gasteiger partial charge in [0.05, 0.1) is 13.2 Å². The number of likely N-dealkylation sites (tertiary alicyclic amines) is 1. The van der Waals surface area contributed by atoms with E-state index in [9.17, 15) is 0 Å². The largest absolute Gasteiger partial charge is 0.493 e. The summed E-state index contributed by atoms with van der Waals surface area (Å²) in [5.74, 6) is 2.32. The summed E-state index contributed by atoms with van der Waals surface area (Å²) >= 11 is 0. The topological polar surface area (TPSA) is 58.1 Å². The molecule has 0 bridgehead atoms. The van der Waals surface area contributed by atoms with Crippen LogP contribution in [0, 0.1) is 12.8 Å². The van der Waals surface area contributed by atoms with Crippen LogP contribution in [0.25, 0.3) is 0 Å². The quantitative estimate of drug-likeness (QED) is 0.194. The van der Waals surface area contributed by atoms with Gasteiger partial charge in [0.1, 0.15) is 5.75 Å². The van der Waals surface area contributed by atoms with Crippen molar-refractivity contribution in [2.24, 2.45) is 10.9 Å². The van der Waals surface area contributed by atoms with Gasteiger partial charge in [-0.15, -0.1) is 24.0 Å². The summed E-state index contributed by atoms with van der Waals surface area (Å²) in [4.78, 5) is 7.03. The number of ether oxygens (including phenoxy) is 2. The molecule has 1 aromatic carbocycles. The number of hydrogen-bond acceptors (Lipinski definition) is 4. The van der Waals surface area contributed by atoms with Crippen molar-refractivity contribution < 1.29 is 9.47 Å². The van der Waals surface area contributed by atoms with Gasteiger partial charge in [-0.25, -0.2) is 0 Å². The lowest BCUT2D eigenvalue weighted by molar-refractivity contribution is 0.158. The van der Waals surface area contributed by atoms with Crippen LogP contribution in [0.1, 0.15) is 56.6 Å². The van der Waals surface area contributed by atoms with E-state index >= 15 is 0 Å². The van der Waals surface area contributed by atoms with Gasteiger partial charge in [0.25, 0.3) is 0 Å². The Morgan fingerprint density at radius 2 is 2.09 bits per heavy atom. The Kier molecular flexibility index (Phi) is 12.7. The van der Waals surface area contributed by atoms with Gasteiger partial charge in [-0.3, -0.25) is 4.99 Å². The number of hydrogen-bond donors (Lipinski definition) is 2. The number of benzene rings is 1. The number of piperidine rings is 1. The fourth-order valence-corrected chi connectivity index (χ4v) is 4.40. The maximum atomic E-state index is 6.16. The van der Waals surface area contributed by atoms with Crippen LogP contribution >= 0.6 is 24.0 Å². The maximum Gasteiger partial charge on any atom is 0.191 e. The third-order valence-electron chi connectivity index (χ3n) is 6.50. The molecule has 2 atom stereocenters. The summed E-state index contributed by atoms with van der Waals surface area (Å²) in [6.07, 6.45) is 7.59. The molecule has 2 heterocycles. The van der Waals surface area contributed by atoms with Gasteiger partial charge < -0.3 is 25.0 Å². The normalized spacial score (nSPS) is 21.8. The Morgan fingerprint density at radius 1 is 1.22 bits per heavy atom. The Hall–Kier alpha value is -1.06. The van der Waals surface area contributed by atoms with Gasteiger partial charge in [-0.2, -0.15) is 0 Å². The van der Waals surface area contributed by atoms with Crippen LogP contribution in [0.15, 0.2) is 23.2 Å². The van der Waals surface area contributed by atoms with E-state index in [0.29, 0.717) is 12.5 Å². The molecule has 2 N–H and O–H groups in total. The zero-order valence-electron chi connectivity index (χ0n) is 20.2. The molecule has 32 heavy (non-hydrogen) atoms. The van der Waals surface area contributed by atoms with Gasteiger partial charge in [-0.05, 0) is 70.7 Å². The van der Waals surface area contributed by atoms with E-state index < -0.39 is 0 Å². The molecule has 2 fully saturated rings. The molecule has 7 heteroatoms. The minimum absolute atomic E-state index is 0. The van der Waals surface area contributed by atoms with Crippen molar-refractivity contribution in [3.05, 3.63) is 29.3 Å². The van der Waals surface area contributed by atoms with E-state index in [1.807, 2.05) is 7.05 Å². The third-order valence-corrected chi connectivity index (χ3v) is 6.50. The average molecular weight is 559 g/mol. The molecule has 2 saturated heterocycles. The van der Waals surface area contributed by atoms with Gasteiger partial charge in [0.2, 0.25) is 0 Å². The van der Waals surface area contributed by atoms with Crippen molar-refractivity contribution in [1.29, 1.82) is 0 Å². The van der Waals surface area contributed by atoms with Crippen LogP contribution in [-0.4, -0.2) is 63.4 Å². The summed E-state index contributed by atoms with van der Waals surface area (Å²) in [6.45, 7) is 11.0. The minimum atomic E-state index is 0. The molecular weight excluding hydrogens is 515 g/mol. The highest BCUT2D eigenvalue weighted by Gasteiger charge is 2.18. The van der Waals surface area contributed by atoms with E-state index in [4.69, 9.17) is 9.47 Å². The number of rotatable bonds is 10. The first kappa shape index (κ1) is 27.2. The van der Waals surface area contributed by atoms with Crippen molar-refractivity contribution in [2.75, 3.05) is 46.5 Å². The second-order valence-corrected chi connectivity index (χ2v) is 9.09. The van der Waals surface area contributed by atoms with Crippen molar-refractivity contribution in [2.45, 2.75) is 65.0 Å². The molecule has 2 aliphatic rings. The summed E-state index contributed by atoms with van der Waals surface area (Å²) in [6, 6.07) is 7.17. The highest BCUT2D eigenvalue weighted by molar-refractivity contribution is 14.0. The van der Waals surface area contributed by atoms with Crippen LogP contribution in [0.3, 0.4) is 0 Å². The van der Waals surface area contributed by atoms with Gasteiger partial charge in [0.15, 0.2) is 5.96 Å². The van der Waals surface area contributed by atoms with Crippen LogP contribution in [0.4, 0.5) is 0 Å². The second kappa shape index (κ2) is 15.0. The monoisotopic (exact) mass is 558 g/mol. The Labute approximate surface area is 211 Å². The molecule has 6 nitrogen and oxygen atoms in total. The first-order chi connectivity index (χ1) is 15.2. The van der Waals surface area contributed by atoms with Crippen LogP contribution < -0.4 is 15.4 Å². The predicted molar refractivity (Wildman–Crippen MR) is 143 cm³/mol. The fraction of sp³-hybridized carbons (Fsp3) is 0.720. The van der Waals surface area contributed by atoms with Crippen LogP contribution in [-0.2, 0) is 11.3 Å². The zero-order chi connectivity index (χ0) is 21.9. The number of guanidine groups is 1. The maximum absolute atomic E-state index is 6.16. The van der Waals surface area contributed by atoms with Gasteiger partial charge >= 0.3 is 0 Å². The number of halogens is 1. The smallest absolute Gasteiger partial charge is 0.191 e. The van der Waals surface area contributed by atoms with E-state index in [2.05, 4.69) is 52.6 Å². The molecule has 0 spiro atoms. The number of nitrogens with zero attached hydrogens (tertiary/aromatic N) is 2. The lowest BCUT2D eigenvalue weighted by Gasteiger charge is -2.33. The standard InChI is InChI=1S/C25H42N4O2.HI/c1-20-9-10-23(24(16-20)31-19-22-11-15-30-18-22)17-28-25(26-3)27-12-5-7-14-29-13-6-4-8-21(29)2;/h9-10,16,21-22H,4-8,11-15,17-19H2,1-3H3,(H2,26,27,28);1H. The van der Waals surface area contributed by atoms with E-state index in [0.717, 1.165) is 62.5 Å². The molecule has 0 amide bonds. The molecular formula is C25H43IN4O2. The minimum Gasteiger partial charge on any atom is -0.493 e. The Morgan fingerprint density at radius 3 is 2.84 bits per heavy atom. The summed E-state index contributed by atoms with van der Waals surface area (Å²) in [5.41, 5.74) is 2.37. The fourth-order valence-electron chi connectivity index (χ4n) is 4.40. The molecule has 3 rings (SSSR count). The molecule has 0 saturated carbocycles. The van der Waals surface area contributed by atoms with E-state index in [1.54, 1.807) is 0 Å². The SMILES string of the molecule is CN=C(NCCCCN1CCCCC1C)NCc1ccc(C)cc1OCC1CCOC1.I. The van der Waals surface area contributed by atoms with Gasteiger partial charge in [-0.1, -0.05) is 18.6 Å². The number of aliphatic imine (C=N–C) groups is 1. The summed E-state index contributed by atoms with van der Waals surface area (Å²) in [7, 11) is 1.83. The highest BCUT2D eigenvalue weighted by Crippen LogP contribution is 2.22. The lowest BCUT2D eigenvalue weighted by Crippen LogP contribution is -2.39. The highest BCUT2D eigenvalue weighted by atomic mass is 127. The van der Waals surface area contributed by atoms with E-state index in [1.165, 1.54) is 44.3 Å². The molecule has 2 aliphatic heterocycles. The molecule has 0 aliphatic carbocycles. The number of unbranched alkanes of at least 4 members (excludes halogenated alkanes) is 1. The average Bonchev–Trinajstić information content (AvgIpc) is 3.30. The number of nitrogens with one attached hydrogen (secondary N) is 2. The first-order valence-electron chi connectivity index (χ1n) is 12.1. The summed E-state index contributed by atoms with van der Waals surface area (Å²) < 4.78 is 11.6. The van der Waals surface area contributed by atoms with Gasteiger partial charge in [0, 0.05) is 44.3 Å². The molecule has 0 radical (unpaired) electrons. The second-order valence-electron chi connectivity index (χ2n) is 9.09. The van der Waals surface area contributed by atoms with E-state index in [-0.39, 0.29) is 24.0 Å². The molecule has 1 aromatic rings. The van der Waals surface area contributed by atoms with Crippen molar-refractivity contribution >= 4 is 29.9 Å². The van der Waals surface area contributed by atoms with Crippen molar-refractivity contribution in [3.8, 4) is 5.75 Å². The molecule has 182 valence electrons. The molecule has 0 aromatic heterocycles. The van der Waals surface area contributed by atoms with Crippen molar-refractivity contribution in [3.63, 3.8) is 0 Å². The third kappa shape index (κ3) is 9.06. The number of aryl methyl sites for hydroxylation is 1.